The van der Waals surface area contributed by atoms with E-state index in [0.717, 1.165) is 4.47 Å². The molecular formula is C19H21BrN2O4S. The molecule has 144 valence electrons. The van der Waals surface area contributed by atoms with E-state index in [9.17, 15) is 9.59 Å². The zero-order valence-corrected chi connectivity index (χ0v) is 18.0. The first-order valence-electron chi connectivity index (χ1n) is 8.72. The van der Waals surface area contributed by atoms with Gasteiger partial charge < -0.3 is 9.47 Å². The standard InChI is InChI=1S/C19H21BrN2O4S/c1-5-14-17(23)22-16(12-9-11(20)7-8-13(12)25-4)15(18(24)26-6-2)10(3)21-19(22)27-14/h7-9,14,16H,5-6H2,1-4H3/t14-,16-/m0/s1. The van der Waals surface area contributed by atoms with Gasteiger partial charge in [-0.2, -0.15) is 0 Å². The maximum atomic E-state index is 13.1. The number of esters is 1. The number of nitrogens with zero attached hydrogens (tertiary/aromatic N) is 2. The molecule has 2 aliphatic rings. The summed E-state index contributed by atoms with van der Waals surface area (Å²) in [5.41, 5.74) is 1.64. The lowest BCUT2D eigenvalue weighted by atomic mass is 9.93. The van der Waals surface area contributed by atoms with Crippen LogP contribution in [0.2, 0.25) is 0 Å². The number of allylic oxidation sites excluding steroid dienone is 1. The summed E-state index contributed by atoms with van der Waals surface area (Å²) >= 11 is 4.92. The number of fused-ring (bicyclic) bond motifs is 1. The molecule has 2 aliphatic heterocycles. The first-order valence-corrected chi connectivity index (χ1v) is 10.4. The van der Waals surface area contributed by atoms with Gasteiger partial charge in [0.2, 0.25) is 5.91 Å². The van der Waals surface area contributed by atoms with Crippen molar-refractivity contribution in [3.63, 3.8) is 0 Å². The van der Waals surface area contributed by atoms with Gasteiger partial charge in [0, 0.05) is 10.0 Å². The number of aliphatic imine (C=N–C) groups is 1. The van der Waals surface area contributed by atoms with E-state index in [1.165, 1.54) is 11.8 Å². The third-order valence-electron chi connectivity index (χ3n) is 4.50. The number of hydrogen-bond donors (Lipinski definition) is 0. The maximum Gasteiger partial charge on any atom is 0.338 e. The van der Waals surface area contributed by atoms with Gasteiger partial charge >= 0.3 is 5.97 Å². The van der Waals surface area contributed by atoms with Gasteiger partial charge in [0.15, 0.2) is 5.17 Å². The van der Waals surface area contributed by atoms with Gasteiger partial charge in [-0.3, -0.25) is 9.69 Å². The highest BCUT2D eigenvalue weighted by Gasteiger charge is 2.48. The highest BCUT2D eigenvalue weighted by atomic mass is 79.9. The molecule has 0 saturated carbocycles. The predicted molar refractivity (Wildman–Crippen MR) is 109 cm³/mol. The fraction of sp³-hybridized carbons (Fsp3) is 0.421. The summed E-state index contributed by atoms with van der Waals surface area (Å²) in [5, 5.41) is 0.406. The van der Waals surface area contributed by atoms with Crippen molar-refractivity contribution < 1.29 is 19.1 Å². The lowest BCUT2D eigenvalue weighted by Crippen LogP contribution is -2.41. The van der Waals surface area contributed by atoms with E-state index in [2.05, 4.69) is 20.9 Å². The zero-order valence-electron chi connectivity index (χ0n) is 15.6. The number of benzene rings is 1. The molecule has 0 N–H and O–H groups in total. The predicted octanol–water partition coefficient (Wildman–Crippen LogP) is 4.06. The monoisotopic (exact) mass is 452 g/mol. The van der Waals surface area contributed by atoms with E-state index in [1.54, 1.807) is 25.9 Å². The molecule has 0 radical (unpaired) electrons. The van der Waals surface area contributed by atoms with E-state index < -0.39 is 12.0 Å². The molecule has 0 aromatic heterocycles. The highest BCUT2D eigenvalue weighted by molar-refractivity contribution is 9.10. The minimum Gasteiger partial charge on any atom is -0.496 e. The van der Waals surface area contributed by atoms with Gasteiger partial charge in [0.05, 0.1) is 30.2 Å². The molecule has 1 amide bonds. The molecule has 0 spiro atoms. The Balaban J connectivity index is 2.22. The van der Waals surface area contributed by atoms with Gasteiger partial charge in [-0.25, -0.2) is 9.79 Å². The van der Waals surface area contributed by atoms with Crippen LogP contribution in [0, 0.1) is 0 Å². The van der Waals surface area contributed by atoms with Gasteiger partial charge in [-0.05, 0) is 38.5 Å². The van der Waals surface area contributed by atoms with Crippen molar-refractivity contribution >= 4 is 44.7 Å². The van der Waals surface area contributed by atoms with Gasteiger partial charge in [-0.1, -0.05) is 34.6 Å². The summed E-state index contributed by atoms with van der Waals surface area (Å²) in [5.74, 6) is 0.0713. The second-order valence-corrected chi connectivity index (χ2v) is 8.21. The molecule has 2 heterocycles. The summed E-state index contributed by atoms with van der Waals surface area (Å²) in [4.78, 5) is 32.0. The van der Waals surface area contributed by atoms with E-state index in [0.29, 0.717) is 34.2 Å². The Bertz CT molecular complexity index is 852. The van der Waals surface area contributed by atoms with E-state index in [4.69, 9.17) is 9.47 Å². The number of ether oxygens (including phenoxy) is 2. The van der Waals surface area contributed by atoms with Crippen LogP contribution in [0.5, 0.6) is 5.75 Å². The van der Waals surface area contributed by atoms with Crippen molar-refractivity contribution in [1.29, 1.82) is 0 Å². The summed E-state index contributed by atoms with van der Waals surface area (Å²) < 4.78 is 11.6. The van der Waals surface area contributed by atoms with Crippen LogP contribution < -0.4 is 4.74 Å². The Labute approximate surface area is 171 Å². The molecule has 2 atom stereocenters. The number of thioether (sulfide) groups is 1. The third kappa shape index (κ3) is 3.52. The third-order valence-corrected chi connectivity index (χ3v) is 6.32. The van der Waals surface area contributed by atoms with Crippen LogP contribution in [-0.4, -0.2) is 40.9 Å². The Morgan fingerprint density at radius 1 is 1.37 bits per heavy atom. The Kier molecular flexibility index (Phi) is 5.95. The van der Waals surface area contributed by atoms with Gasteiger partial charge in [0.25, 0.3) is 0 Å². The summed E-state index contributed by atoms with van der Waals surface area (Å²) in [6.07, 6.45) is 0.690. The Morgan fingerprint density at radius 3 is 2.74 bits per heavy atom. The Morgan fingerprint density at radius 2 is 2.11 bits per heavy atom. The van der Waals surface area contributed by atoms with Crippen molar-refractivity contribution in [1.82, 2.24) is 4.90 Å². The molecule has 1 aromatic carbocycles. The average Bonchev–Trinajstić information content (AvgIpc) is 2.96. The summed E-state index contributed by atoms with van der Waals surface area (Å²) in [7, 11) is 1.57. The number of amidine groups is 1. The summed E-state index contributed by atoms with van der Waals surface area (Å²) in [6, 6.07) is 4.90. The van der Waals surface area contributed by atoms with E-state index in [1.807, 2.05) is 25.1 Å². The van der Waals surface area contributed by atoms with Crippen molar-refractivity contribution in [2.45, 2.75) is 38.5 Å². The quantitative estimate of drug-likeness (QED) is 0.629. The first kappa shape index (κ1) is 19.9. The summed E-state index contributed by atoms with van der Waals surface area (Å²) in [6.45, 7) is 5.74. The lowest BCUT2D eigenvalue weighted by molar-refractivity contribution is -0.139. The molecule has 1 aromatic rings. The van der Waals surface area contributed by atoms with Gasteiger partial charge in [-0.15, -0.1) is 0 Å². The van der Waals surface area contributed by atoms with Crippen LogP contribution >= 0.6 is 27.7 Å². The molecule has 0 aliphatic carbocycles. The first-order chi connectivity index (χ1) is 12.9. The molecule has 3 rings (SSSR count). The fourth-order valence-corrected chi connectivity index (χ4v) is 4.78. The second-order valence-electron chi connectivity index (χ2n) is 6.13. The van der Waals surface area contributed by atoms with Crippen LogP contribution in [0.1, 0.15) is 38.8 Å². The smallest absolute Gasteiger partial charge is 0.338 e. The van der Waals surface area contributed by atoms with E-state index >= 15 is 0 Å². The number of hydrogen-bond acceptors (Lipinski definition) is 6. The Hall–Kier alpha value is -1.80. The largest absolute Gasteiger partial charge is 0.496 e. The lowest BCUT2D eigenvalue weighted by Gasteiger charge is -2.33. The normalized spacial score (nSPS) is 21.9. The van der Waals surface area contributed by atoms with Crippen LogP contribution in [0.15, 0.2) is 38.9 Å². The number of halogens is 1. The molecule has 1 fully saturated rings. The fourth-order valence-electron chi connectivity index (χ4n) is 3.27. The van der Waals surface area contributed by atoms with Crippen LogP contribution in [0.3, 0.4) is 0 Å². The molecular weight excluding hydrogens is 432 g/mol. The molecule has 27 heavy (non-hydrogen) atoms. The number of carbonyl (C=O) groups excluding carboxylic acids is 2. The minimum absolute atomic E-state index is 0.0532. The van der Waals surface area contributed by atoms with Crippen molar-refractivity contribution in [2.24, 2.45) is 4.99 Å². The number of carbonyl (C=O) groups is 2. The SMILES string of the molecule is CCOC(=O)C1=C(C)N=C2S[C@@H](CC)C(=O)N2[C@H]1c1cc(Br)ccc1OC. The minimum atomic E-state index is -0.638. The number of methoxy groups -OCH3 is 1. The van der Waals surface area contributed by atoms with Crippen molar-refractivity contribution in [2.75, 3.05) is 13.7 Å². The highest BCUT2D eigenvalue weighted by Crippen LogP contribution is 2.46. The molecule has 0 unspecified atom stereocenters. The average molecular weight is 453 g/mol. The topological polar surface area (TPSA) is 68.2 Å². The van der Waals surface area contributed by atoms with Crippen LogP contribution in [0.25, 0.3) is 0 Å². The van der Waals surface area contributed by atoms with Crippen molar-refractivity contribution in [3.8, 4) is 5.75 Å². The molecule has 1 saturated heterocycles. The van der Waals surface area contributed by atoms with Crippen molar-refractivity contribution in [3.05, 3.63) is 39.5 Å². The van der Waals surface area contributed by atoms with Gasteiger partial charge in [0.1, 0.15) is 11.8 Å². The zero-order chi connectivity index (χ0) is 19.7. The van der Waals surface area contributed by atoms with E-state index in [-0.39, 0.29) is 17.8 Å². The van der Waals surface area contributed by atoms with Crippen LogP contribution in [0.4, 0.5) is 0 Å². The number of amides is 1. The molecule has 8 heteroatoms. The molecule has 6 nitrogen and oxygen atoms in total. The second kappa shape index (κ2) is 8.06. The maximum absolute atomic E-state index is 13.1. The number of rotatable bonds is 5. The molecule has 0 bridgehead atoms. The van der Waals surface area contributed by atoms with Crippen LogP contribution in [-0.2, 0) is 14.3 Å².